The minimum atomic E-state index is -2.98. The SMILES string of the molecule is O=C(COC(=O)CN1CCS(=O)(=O)CC1)NCCc1ccc(Cl)cc1. The Morgan fingerprint density at radius 3 is 2.44 bits per heavy atom. The number of ether oxygens (including phenoxy) is 1. The van der Waals surface area contributed by atoms with E-state index in [1.807, 2.05) is 12.1 Å². The average molecular weight is 389 g/mol. The molecular formula is C16H21ClN2O5S. The summed E-state index contributed by atoms with van der Waals surface area (Å²) in [6, 6.07) is 7.33. The Morgan fingerprint density at radius 2 is 1.80 bits per heavy atom. The molecule has 1 aromatic rings. The Balaban J connectivity index is 1.59. The van der Waals surface area contributed by atoms with E-state index in [2.05, 4.69) is 5.32 Å². The molecule has 1 N–H and O–H groups in total. The largest absolute Gasteiger partial charge is 0.455 e. The zero-order valence-electron chi connectivity index (χ0n) is 13.7. The predicted molar refractivity (Wildman–Crippen MR) is 94.2 cm³/mol. The first-order chi connectivity index (χ1) is 11.8. The first kappa shape index (κ1) is 19.7. The molecule has 1 fully saturated rings. The molecule has 9 heteroatoms. The molecule has 2 rings (SSSR count). The number of hydrogen-bond acceptors (Lipinski definition) is 6. The highest BCUT2D eigenvalue weighted by molar-refractivity contribution is 7.91. The molecule has 1 saturated heterocycles. The van der Waals surface area contributed by atoms with E-state index < -0.39 is 15.8 Å². The van der Waals surface area contributed by atoms with Crippen LogP contribution in [0.4, 0.5) is 0 Å². The van der Waals surface area contributed by atoms with Crippen LogP contribution < -0.4 is 5.32 Å². The molecule has 1 aliphatic heterocycles. The first-order valence-electron chi connectivity index (χ1n) is 7.93. The maximum absolute atomic E-state index is 11.7. The number of carbonyl (C=O) groups excluding carboxylic acids is 2. The molecule has 138 valence electrons. The fourth-order valence-corrected chi connectivity index (χ4v) is 3.73. The number of sulfone groups is 1. The van der Waals surface area contributed by atoms with E-state index in [0.717, 1.165) is 5.56 Å². The highest BCUT2D eigenvalue weighted by Crippen LogP contribution is 2.09. The van der Waals surface area contributed by atoms with E-state index in [9.17, 15) is 18.0 Å². The second kappa shape index (κ2) is 9.17. The van der Waals surface area contributed by atoms with Gasteiger partial charge >= 0.3 is 5.97 Å². The fraction of sp³-hybridized carbons (Fsp3) is 0.500. The number of esters is 1. The highest BCUT2D eigenvalue weighted by Gasteiger charge is 2.23. The number of carbonyl (C=O) groups is 2. The molecular weight excluding hydrogens is 368 g/mol. The van der Waals surface area contributed by atoms with Crippen LogP contribution in [0.15, 0.2) is 24.3 Å². The second-order valence-corrected chi connectivity index (χ2v) is 8.56. The van der Waals surface area contributed by atoms with Gasteiger partial charge < -0.3 is 10.1 Å². The van der Waals surface area contributed by atoms with Crippen molar-refractivity contribution < 1.29 is 22.7 Å². The van der Waals surface area contributed by atoms with Crippen molar-refractivity contribution in [1.82, 2.24) is 10.2 Å². The Hall–Kier alpha value is -1.64. The van der Waals surface area contributed by atoms with Crippen molar-refractivity contribution >= 4 is 33.3 Å². The third-order valence-electron chi connectivity index (χ3n) is 3.80. The third kappa shape index (κ3) is 7.41. The van der Waals surface area contributed by atoms with Crippen molar-refractivity contribution in [3.8, 4) is 0 Å². The van der Waals surface area contributed by atoms with Crippen LogP contribution in [0.2, 0.25) is 5.02 Å². The van der Waals surface area contributed by atoms with Gasteiger partial charge in [0.1, 0.15) is 0 Å². The molecule has 0 unspecified atom stereocenters. The van der Waals surface area contributed by atoms with Gasteiger partial charge in [0.15, 0.2) is 16.4 Å². The zero-order chi connectivity index (χ0) is 18.3. The van der Waals surface area contributed by atoms with Crippen LogP contribution >= 0.6 is 11.6 Å². The van der Waals surface area contributed by atoms with Crippen LogP contribution in [0.25, 0.3) is 0 Å². The standard InChI is InChI=1S/C16H21ClN2O5S/c17-14-3-1-13(2-4-14)5-6-18-15(20)12-24-16(21)11-19-7-9-25(22,23)10-8-19/h1-4H,5-12H2,(H,18,20). The summed E-state index contributed by atoms with van der Waals surface area (Å²) in [4.78, 5) is 25.1. The number of hydrogen-bond donors (Lipinski definition) is 1. The predicted octanol–water partition coefficient (Wildman–Crippen LogP) is 0.272. The van der Waals surface area contributed by atoms with Crippen LogP contribution in [0.3, 0.4) is 0 Å². The van der Waals surface area contributed by atoms with Gasteiger partial charge in [0.2, 0.25) is 0 Å². The van der Waals surface area contributed by atoms with Gasteiger partial charge in [-0.2, -0.15) is 0 Å². The summed E-state index contributed by atoms with van der Waals surface area (Å²) in [7, 11) is -2.98. The fourth-order valence-electron chi connectivity index (χ4n) is 2.33. The summed E-state index contributed by atoms with van der Waals surface area (Å²) in [5.74, 6) is -0.813. The Labute approximate surface area is 152 Å². The lowest BCUT2D eigenvalue weighted by molar-refractivity contribution is -0.149. The van der Waals surface area contributed by atoms with Crippen LogP contribution in [-0.4, -0.2) is 69.5 Å². The molecule has 1 aromatic carbocycles. The van der Waals surface area contributed by atoms with Gasteiger partial charge in [-0.15, -0.1) is 0 Å². The van der Waals surface area contributed by atoms with Crippen LogP contribution in [0.5, 0.6) is 0 Å². The van der Waals surface area contributed by atoms with Crippen LogP contribution in [-0.2, 0) is 30.6 Å². The molecule has 1 aliphatic rings. The number of nitrogens with zero attached hydrogens (tertiary/aromatic N) is 1. The van der Waals surface area contributed by atoms with Crippen molar-refractivity contribution in [1.29, 1.82) is 0 Å². The summed E-state index contributed by atoms with van der Waals surface area (Å²) in [6.45, 7) is 0.705. The van der Waals surface area contributed by atoms with E-state index >= 15 is 0 Å². The lowest BCUT2D eigenvalue weighted by Gasteiger charge is -2.25. The van der Waals surface area contributed by atoms with Crippen molar-refractivity contribution in [3.05, 3.63) is 34.9 Å². The highest BCUT2D eigenvalue weighted by atomic mass is 35.5. The molecule has 25 heavy (non-hydrogen) atoms. The smallest absolute Gasteiger partial charge is 0.320 e. The second-order valence-electron chi connectivity index (χ2n) is 5.82. The zero-order valence-corrected chi connectivity index (χ0v) is 15.3. The van der Waals surface area contributed by atoms with Gasteiger partial charge in [-0.05, 0) is 24.1 Å². The molecule has 0 bridgehead atoms. The number of benzene rings is 1. The number of nitrogens with one attached hydrogen (secondary N) is 1. The van der Waals surface area contributed by atoms with Crippen molar-refractivity contribution in [3.63, 3.8) is 0 Å². The Kier molecular flexibility index (Phi) is 7.22. The molecule has 1 heterocycles. The van der Waals surface area contributed by atoms with E-state index in [1.165, 1.54) is 0 Å². The van der Waals surface area contributed by atoms with Crippen LogP contribution in [0, 0.1) is 0 Å². The summed E-state index contributed by atoms with van der Waals surface area (Å²) in [5, 5.41) is 3.33. The molecule has 0 saturated carbocycles. The van der Waals surface area contributed by atoms with Crippen molar-refractivity contribution in [2.45, 2.75) is 6.42 Å². The molecule has 1 amide bonds. The van der Waals surface area contributed by atoms with Crippen molar-refractivity contribution in [2.75, 3.05) is 44.3 Å². The maximum Gasteiger partial charge on any atom is 0.320 e. The number of rotatable bonds is 7. The topological polar surface area (TPSA) is 92.8 Å². The summed E-state index contributed by atoms with van der Waals surface area (Å²) < 4.78 is 27.5. The minimum absolute atomic E-state index is 0.00637. The van der Waals surface area contributed by atoms with Gasteiger partial charge in [-0.3, -0.25) is 14.5 Å². The molecule has 0 radical (unpaired) electrons. The van der Waals surface area contributed by atoms with Gasteiger partial charge in [0.25, 0.3) is 5.91 Å². The van der Waals surface area contributed by atoms with E-state index in [1.54, 1.807) is 17.0 Å². The lowest BCUT2D eigenvalue weighted by atomic mass is 10.1. The third-order valence-corrected chi connectivity index (χ3v) is 5.66. The summed E-state index contributed by atoms with van der Waals surface area (Å²) in [6.07, 6.45) is 0.652. The van der Waals surface area contributed by atoms with Gasteiger partial charge in [-0.25, -0.2) is 8.42 Å². The van der Waals surface area contributed by atoms with Gasteiger partial charge in [0.05, 0.1) is 18.1 Å². The minimum Gasteiger partial charge on any atom is -0.455 e. The first-order valence-corrected chi connectivity index (χ1v) is 10.1. The van der Waals surface area contributed by atoms with Crippen LogP contribution in [0.1, 0.15) is 5.56 Å². The van der Waals surface area contributed by atoms with E-state index in [0.29, 0.717) is 31.1 Å². The summed E-state index contributed by atoms with van der Waals surface area (Å²) in [5.41, 5.74) is 1.04. The maximum atomic E-state index is 11.7. The number of amides is 1. The quantitative estimate of drug-likeness (QED) is 0.674. The summed E-state index contributed by atoms with van der Waals surface area (Å²) >= 11 is 5.80. The lowest BCUT2D eigenvalue weighted by Crippen LogP contribution is -2.43. The van der Waals surface area contributed by atoms with E-state index in [-0.39, 0.29) is 30.6 Å². The number of halogens is 1. The van der Waals surface area contributed by atoms with Gasteiger partial charge in [0, 0.05) is 24.7 Å². The van der Waals surface area contributed by atoms with E-state index in [4.69, 9.17) is 16.3 Å². The Bertz CT molecular complexity index is 692. The molecule has 0 atom stereocenters. The monoisotopic (exact) mass is 388 g/mol. The molecule has 7 nitrogen and oxygen atoms in total. The normalized spacial score (nSPS) is 17.0. The van der Waals surface area contributed by atoms with Gasteiger partial charge in [-0.1, -0.05) is 23.7 Å². The molecule has 0 spiro atoms. The van der Waals surface area contributed by atoms with Crippen molar-refractivity contribution in [2.24, 2.45) is 0 Å². The average Bonchev–Trinajstić information content (AvgIpc) is 2.57. The Morgan fingerprint density at radius 1 is 1.16 bits per heavy atom. The molecule has 0 aromatic heterocycles. The molecule has 0 aliphatic carbocycles.